The molecule has 0 spiro atoms. The number of hydrogen-bond acceptors (Lipinski definition) is 6. The molecule has 4 N–H and O–H groups in total. The van der Waals surface area contributed by atoms with Crippen LogP contribution in [-0.2, 0) is 9.47 Å². The Kier molecular flexibility index (Phi) is 10.2. The molecule has 6 nitrogen and oxygen atoms in total. The van der Waals surface area contributed by atoms with Gasteiger partial charge >= 0.3 is 0 Å². The second kappa shape index (κ2) is 11.3. The molecule has 1 saturated heterocycles. The van der Waals surface area contributed by atoms with Crippen molar-refractivity contribution < 1.29 is 29.9 Å². The summed E-state index contributed by atoms with van der Waals surface area (Å²) in [4.78, 5) is 0. The van der Waals surface area contributed by atoms with Crippen molar-refractivity contribution in [2.24, 2.45) is 0 Å². The van der Waals surface area contributed by atoms with Crippen LogP contribution in [0.2, 0.25) is 0 Å². The molecule has 0 aromatic rings. The normalized spacial score (nSPS) is 32.3. The van der Waals surface area contributed by atoms with Gasteiger partial charge in [-0.3, -0.25) is 0 Å². The molecule has 0 amide bonds. The zero-order valence-electron chi connectivity index (χ0n) is 13.6. The van der Waals surface area contributed by atoms with Crippen molar-refractivity contribution in [3.63, 3.8) is 0 Å². The maximum atomic E-state index is 9.80. The summed E-state index contributed by atoms with van der Waals surface area (Å²) in [5.41, 5.74) is 0. The molecular formula is C16H32O6. The van der Waals surface area contributed by atoms with Gasteiger partial charge in [-0.1, -0.05) is 51.9 Å². The third-order valence-electron chi connectivity index (χ3n) is 4.13. The first-order valence-electron chi connectivity index (χ1n) is 8.54. The Labute approximate surface area is 133 Å². The zero-order valence-corrected chi connectivity index (χ0v) is 13.6. The molecule has 1 aliphatic rings. The molecule has 1 aliphatic heterocycles. The Hall–Kier alpha value is -0.240. The molecule has 1 heterocycles. The fraction of sp³-hybridized carbons (Fsp3) is 1.00. The van der Waals surface area contributed by atoms with Crippen LogP contribution < -0.4 is 0 Å². The first-order chi connectivity index (χ1) is 10.6. The Morgan fingerprint density at radius 1 is 0.818 bits per heavy atom. The third kappa shape index (κ3) is 6.48. The maximum Gasteiger partial charge on any atom is 0.186 e. The summed E-state index contributed by atoms with van der Waals surface area (Å²) < 4.78 is 10.7. The topological polar surface area (TPSA) is 99.4 Å². The van der Waals surface area contributed by atoms with Gasteiger partial charge < -0.3 is 29.9 Å². The van der Waals surface area contributed by atoms with Gasteiger partial charge in [0, 0.05) is 6.61 Å². The van der Waals surface area contributed by atoms with E-state index < -0.39 is 37.3 Å². The molecule has 0 aromatic heterocycles. The molecule has 0 bridgehead atoms. The molecule has 6 heteroatoms. The summed E-state index contributed by atoms with van der Waals surface area (Å²) in [6, 6.07) is 0. The average Bonchev–Trinajstić information content (AvgIpc) is 2.53. The smallest absolute Gasteiger partial charge is 0.186 e. The highest BCUT2D eigenvalue weighted by molar-refractivity contribution is 4.88. The molecule has 0 aromatic carbocycles. The largest absolute Gasteiger partial charge is 0.394 e. The lowest BCUT2D eigenvalue weighted by Crippen LogP contribution is -2.59. The predicted molar refractivity (Wildman–Crippen MR) is 82.3 cm³/mol. The van der Waals surface area contributed by atoms with E-state index in [0.717, 1.165) is 12.8 Å². The molecule has 0 unspecified atom stereocenters. The maximum absolute atomic E-state index is 9.80. The first kappa shape index (κ1) is 19.8. The highest BCUT2D eigenvalue weighted by Gasteiger charge is 2.43. The zero-order chi connectivity index (χ0) is 16.4. The number of unbranched alkanes of at least 4 members (excludes halogenated alkanes) is 7. The van der Waals surface area contributed by atoms with Crippen LogP contribution in [0.5, 0.6) is 0 Å². The van der Waals surface area contributed by atoms with E-state index in [-0.39, 0.29) is 0 Å². The predicted octanol–water partition coefficient (Wildman–Crippen LogP) is 0.944. The first-order valence-corrected chi connectivity index (χ1v) is 8.54. The standard InChI is InChI=1S/C16H32O6/c1-2-3-4-5-6-7-8-9-10-21-16-15(20)14(19)13(18)12(11-17)22-16/h12-20H,2-11H2,1H3/t12-,13+,14+,15-,16+/m1/s1. The van der Waals surface area contributed by atoms with Gasteiger partial charge in [-0.25, -0.2) is 0 Å². The second-order valence-corrected chi connectivity index (χ2v) is 6.04. The Balaban J connectivity index is 2.11. The van der Waals surface area contributed by atoms with Crippen LogP contribution in [0.4, 0.5) is 0 Å². The van der Waals surface area contributed by atoms with Crippen LogP contribution in [0.15, 0.2) is 0 Å². The quantitative estimate of drug-likeness (QED) is 0.423. The van der Waals surface area contributed by atoms with E-state index in [2.05, 4.69) is 6.92 Å². The Morgan fingerprint density at radius 3 is 2.00 bits per heavy atom. The molecule has 1 rings (SSSR count). The lowest BCUT2D eigenvalue weighted by atomic mass is 9.99. The van der Waals surface area contributed by atoms with Crippen molar-refractivity contribution in [2.45, 2.75) is 89.0 Å². The molecule has 5 atom stereocenters. The molecular weight excluding hydrogens is 288 g/mol. The van der Waals surface area contributed by atoms with Crippen LogP contribution >= 0.6 is 0 Å². The summed E-state index contributed by atoms with van der Waals surface area (Å²) >= 11 is 0. The summed E-state index contributed by atoms with van der Waals surface area (Å²) in [5, 5.41) is 38.2. The lowest BCUT2D eigenvalue weighted by molar-refractivity contribution is -0.301. The van der Waals surface area contributed by atoms with E-state index in [9.17, 15) is 15.3 Å². The molecule has 132 valence electrons. The van der Waals surface area contributed by atoms with E-state index in [4.69, 9.17) is 14.6 Å². The van der Waals surface area contributed by atoms with E-state index in [0.29, 0.717) is 6.61 Å². The van der Waals surface area contributed by atoms with E-state index in [1.54, 1.807) is 0 Å². The van der Waals surface area contributed by atoms with Crippen molar-refractivity contribution in [3.8, 4) is 0 Å². The average molecular weight is 320 g/mol. The number of rotatable bonds is 11. The molecule has 1 fully saturated rings. The fourth-order valence-electron chi connectivity index (χ4n) is 2.64. The summed E-state index contributed by atoms with van der Waals surface area (Å²) in [6.45, 7) is 2.20. The highest BCUT2D eigenvalue weighted by atomic mass is 16.7. The van der Waals surface area contributed by atoms with Gasteiger partial charge in [-0.05, 0) is 6.42 Å². The Bertz CT molecular complexity index is 273. The van der Waals surface area contributed by atoms with E-state index in [1.807, 2.05) is 0 Å². The number of aliphatic hydroxyl groups is 4. The second-order valence-electron chi connectivity index (χ2n) is 6.04. The van der Waals surface area contributed by atoms with E-state index >= 15 is 0 Å². The van der Waals surface area contributed by atoms with Gasteiger partial charge in [0.25, 0.3) is 0 Å². The van der Waals surface area contributed by atoms with Crippen LogP contribution in [0.3, 0.4) is 0 Å². The summed E-state index contributed by atoms with van der Waals surface area (Å²) in [5.74, 6) is 0. The van der Waals surface area contributed by atoms with Gasteiger partial charge in [0.05, 0.1) is 6.61 Å². The lowest BCUT2D eigenvalue weighted by Gasteiger charge is -2.39. The van der Waals surface area contributed by atoms with E-state index in [1.165, 1.54) is 38.5 Å². The third-order valence-corrected chi connectivity index (χ3v) is 4.13. The monoisotopic (exact) mass is 320 g/mol. The van der Waals surface area contributed by atoms with Crippen molar-refractivity contribution in [1.82, 2.24) is 0 Å². The van der Waals surface area contributed by atoms with Gasteiger partial charge in [-0.15, -0.1) is 0 Å². The summed E-state index contributed by atoms with van der Waals surface area (Å²) in [6.07, 6.45) is 3.58. The Morgan fingerprint density at radius 2 is 1.41 bits per heavy atom. The van der Waals surface area contributed by atoms with Crippen LogP contribution in [0, 0.1) is 0 Å². The van der Waals surface area contributed by atoms with Crippen LogP contribution in [0.25, 0.3) is 0 Å². The number of aliphatic hydroxyl groups excluding tert-OH is 4. The SMILES string of the molecule is CCCCCCCCCCO[C@H]1O[C@H](CO)[C@H](O)[C@H](O)[C@H]1O. The van der Waals surface area contributed by atoms with Gasteiger partial charge in [0.15, 0.2) is 6.29 Å². The minimum atomic E-state index is -1.37. The minimum absolute atomic E-state index is 0.428. The molecule has 0 radical (unpaired) electrons. The highest BCUT2D eigenvalue weighted by Crippen LogP contribution is 2.22. The van der Waals surface area contributed by atoms with Gasteiger partial charge in [-0.2, -0.15) is 0 Å². The van der Waals surface area contributed by atoms with Gasteiger partial charge in [0.1, 0.15) is 24.4 Å². The molecule has 0 aliphatic carbocycles. The van der Waals surface area contributed by atoms with Crippen LogP contribution in [-0.4, -0.2) is 64.3 Å². The molecule has 0 saturated carbocycles. The minimum Gasteiger partial charge on any atom is -0.394 e. The van der Waals surface area contributed by atoms with Crippen molar-refractivity contribution in [1.29, 1.82) is 0 Å². The van der Waals surface area contributed by atoms with Gasteiger partial charge in [0.2, 0.25) is 0 Å². The van der Waals surface area contributed by atoms with Crippen molar-refractivity contribution in [2.75, 3.05) is 13.2 Å². The van der Waals surface area contributed by atoms with Crippen molar-refractivity contribution in [3.05, 3.63) is 0 Å². The molecule has 22 heavy (non-hydrogen) atoms. The number of hydrogen-bond donors (Lipinski definition) is 4. The number of ether oxygens (including phenoxy) is 2. The van der Waals surface area contributed by atoms with Crippen LogP contribution in [0.1, 0.15) is 58.3 Å². The summed E-state index contributed by atoms with van der Waals surface area (Å²) in [7, 11) is 0. The fourth-order valence-corrected chi connectivity index (χ4v) is 2.64. The van der Waals surface area contributed by atoms with Crippen molar-refractivity contribution >= 4 is 0 Å².